The minimum atomic E-state index is 0. The first-order valence-electron chi connectivity index (χ1n) is 4.82. The van der Waals surface area contributed by atoms with E-state index in [-0.39, 0.29) is 12.4 Å². The normalized spacial score (nSPS) is 36.0. The van der Waals surface area contributed by atoms with Gasteiger partial charge in [0.2, 0.25) is 0 Å². The van der Waals surface area contributed by atoms with Crippen molar-refractivity contribution in [3.8, 4) is 0 Å². The Kier molecular flexibility index (Phi) is 4.33. The van der Waals surface area contributed by atoms with E-state index in [2.05, 4.69) is 5.32 Å². The van der Waals surface area contributed by atoms with Crippen molar-refractivity contribution < 1.29 is 4.74 Å². The van der Waals surface area contributed by atoms with Gasteiger partial charge in [0.05, 0.1) is 6.10 Å². The van der Waals surface area contributed by atoms with Gasteiger partial charge in [0.25, 0.3) is 0 Å². The lowest BCUT2D eigenvalue weighted by Crippen LogP contribution is -2.38. The minimum absolute atomic E-state index is 0. The van der Waals surface area contributed by atoms with Crippen LogP contribution in [0.3, 0.4) is 0 Å². The van der Waals surface area contributed by atoms with Gasteiger partial charge in [-0.1, -0.05) is 0 Å². The van der Waals surface area contributed by atoms with E-state index in [1.807, 2.05) is 0 Å². The molecule has 0 aliphatic carbocycles. The van der Waals surface area contributed by atoms with Crippen LogP contribution in [-0.4, -0.2) is 25.3 Å². The topological polar surface area (TPSA) is 21.3 Å². The standard InChI is InChI=1S/C9H17NO.ClH/c1-2-7-11-9(5-1)8-4-3-6-10-8;/h8-10H,1-7H2;1H. The van der Waals surface area contributed by atoms with Crippen LogP contribution in [0.15, 0.2) is 0 Å². The highest BCUT2D eigenvalue weighted by molar-refractivity contribution is 5.85. The lowest BCUT2D eigenvalue weighted by atomic mass is 10.0. The Morgan fingerprint density at radius 3 is 2.58 bits per heavy atom. The predicted molar refractivity (Wildman–Crippen MR) is 51.9 cm³/mol. The molecule has 0 radical (unpaired) electrons. The van der Waals surface area contributed by atoms with Crippen molar-refractivity contribution in [1.29, 1.82) is 0 Å². The molecule has 0 aromatic heterocycles. The Morgan fingerprint density at radius 2 is 2.00 bits per heavy atom. The molecule has 2 heterocycles. The molecule has 2 fully saturated rings. The van der Waals surface area contributed by atoms with Gasteiger partial charge in [-0.15, -0.1) is 12.4 Å². The molecule has 2 aliphatic heterocycles. The third-order valence-electron chi connectivity index (χ3n) is 2.76. The summed E-state index contributed by atoms with van der Waals surface area (Å²) < 4.78 is 5.70. The van der Waals surface area contributed by atoms with Crippen molar-refractivity contribution in [2.45, 2.75) is 44.2 Å². The second kappa shape index (κ2) is 5.05. The van der Waals surface area contributed by atoms with Crippen LogP contribution < -0.4 is 5.32 Å². The van der Waals surface area contributed by atoms with Gasteiger partial charge in [0.15, 0.2) is 0 Å². The van der Waals surface area contributed by atoms with Crippen LogP contribution >= 0.6 is 12.4 Å². The van der Waals surface area contributed by atoms with Crippen LogP contribution in [0.5, 0.6) is 0 Å². The SMILES string of the molecule is C1CCC(C2CCCN2)OC1.Cl. The van der Waals surface area contributed by atoms with Gasteiger partial charge in [-0.05, 0) is 38.6 Å². The molecule has 72 valence electrons. The molecule has 0 amide bonds. The number of nitrogens with one attached hydrogen (secondary N) is 1. The number of rotatable bonds is 1. The highest BCUT2D eigenvalue weighted by Gasteiger charge is 2.26. The maximum Gasteiger partial charge on any atom is 0.0728 e. The van der Waals surface area contributed by atoms with Crippen LogP contribution in [0.1, 0.15) is 32.1 Å². The summed E-state index contributed by atoms with van der Waals surface area (Å²) in [5.74, 6) is 0. The van der Waals surface area contributed by atoms with E-state index in [4.69, 9.17) is 4.74 Å². The van der Waals surface area contributed by atoms with Crippen molar-refractivity contribution in [2.75, 3.05) is 13.2 Å². The molecule has 12 heavy (non-hydrogen) atoms. The second-order valence-corrected chi connectivity index (χ2v) is 3.61. The predicted octanol–water partition coefficient (Wildman–Crippen LogP) is 1.73. The number of hydrogen-bond acceptors (Lipinski definition) is 2. The van der Waals surface area contributed by atoms with Gasteiger partial charge in [0, 0.05) is 12.6 Å². The van der Waals surface area contributed by atoms with E-state index in [0.717, 1.165) is 6.61 Å². The molecule has 0 saturated carbocycles. The van der Waals surface area contributed by atoms with Crippen molar-refractivity contribution >= 4 is 12.4 Å². The first kappa shape index (κ1) is 10.3. The largest absolute Gasteiger partial charge is 0.377 e. The van der Waals surface area contributed by atoms with Crippen LogP contribution in [-0.2, 0) is 4.74 Å². The van der Waals surface area contributed by atoms with Gasteiger partial charge in [0.1, 0.15) is 0 Å². The molecular weight excluding hydrogens is 174 g/mol. The van der Waals surface area contributed by atoms with E-state index in [0.29, 0.717) is 12.1 Å². The van der Waals surface area contributed by atoms with E-state index in [9.17, 15) is 0 Å². The van der Waals surface area contributed by atoms with Gasteiger partial charge < -0.3 is 10.1 Å². The second-order valence-electron chi connectivity index (χ2n) is 3.61. The molecule has 1 N–H and O–H groups in total. The third kappa shape index (κ3) is 2.35. The van der Waals surface area contributed by atoms with Crippen molar-refractivity contribution in [2.24, 2.45) is 0 Å². The lowest BCUT2D eigenvalue weighted by Gasteiger charge is -2.27. The van der Waals surface area contributed by atoms with Gasteiger partial charge in [-0.2, -0.15) is 0 Å². The molecule has 0 aromatic rings. The molecule has 2 atom stereocenters. The zero-order valence-corrected chi connectivity index (χ0v) is 8.24. The first-order chi connectivity index (χ1) is 5.47. The molecule has 2 nitrogen and oxygen atoms in total. The molecular formula is C9H18ClNO. The Morgan fingerprint density at radius 1 is 1.08 bits per heavy atom. The van der Waals surface area contributed by atoms with Crippen molar-refractivity contribution in [3.63, 3.8) is 0 Å². The molecule has 2 saturated heterocycles. The lowest BCUT2D eigenvalue weighted by molar-refractivity contribution is -0.00350. The molecule has 2 aliphatic rings. The maximum atomic E-state index is 5.70. The molecule has 2 rings (SSSR count). The number of halogens is 1. The summed E-state index contributed by atoms with van der Waals surface area (Å²) in [5, 5.41) is 3.50. The fraction of sp³-hybridized carbons (Fsp3) is 1.00. The maximum absolute atomic E-state index is 5.70. The zero-order valence-electron chi connectivity index (χ0n) is 7.42. The summed E-state index contributed by atoms with van der Waals surface area (Å²) in [6, 6.07) is 0.676. The Hall–Kier alpha value is 0.210. The van der Waals surface area contributed by atoms with E-state index in [1.54, 1.807) is 0 Å². The Bertz CT molecular complexity index is 120. The Labute approximate surface area is 80.5 Å². The summed E-state index contributed by atoms with van der Waals surface area (Å²) in [5.41, 5.74) is 0. The summed E-state index contributed by atoms with van der Waals surface area (Å²) >= 11 is 0. The number of ether oxygens (including phenoxy) is 1. The Balaban J connectivity index is 0.000000720. The minimum Gasteiger partial charge on any atom is -0.377 e. The average Bonchev–Trinajstić information content (AvgIpc) is 2.58. The summed E-state index contributed by atoms with van der Waals surface area (Å²) in [6.07, 6.45) is 7.10. The summed E-state index contributed by atoms with van der Waals surface area (Å²) in [6.45, 7) is 2.19. The van der Waals surface area contributed by atoms with Crippen molar-refractivity contribution in [3.05, 3.63) is 0 Å². The van der Waals surface area contributed by atoms with E-state index < -0.39 is 0 Å². The highest BCUT2D eigenvalue weighted by Crippen LogP contribution is 2.20. The zero-order chi connectivity index (χ0) is 7.52. The van der Waals surface area contributed by atoms with Crippen LogP contribution in [0.4, 0.5) is 0 Å². The van der Waals surface area contributed by atoms with Gasteiger partial charge >= 0.3 is 0 Å². The average molecular weight is 192 g/mol. The molecule has 0 bridgehead atoms. The third-order valence-corrected chi connectivity index (χ3v) is 2.76. The van der Waals surface area contributed by atoms with E-state index in [1.165, 1.54) is 38.6 Å². The van der Waals surface area contributed by atoms with Crippen LogP contribution in [0, 0.1) is 0 Å². The fourth-order valence-electron chi connectivity index (χ4n) is 2.11. The van der Waals surface area contributed by atoms with Crippen molar-refractivity contribution in [1.82, 2.24) is 5.32 Å². The summed E-state index contributed by atoms with van der Waals surface area (Å²) in [7, 11) is 0. The van der Waals surface area contributed by atoms with Gasteiger partial charge in [-0.25, -0.2) is 0 Å². The molecule has 0 aromatic carbocycles. The summed E-state index contributed by atoms with van der Waals surface area (Å²) in [4.78, 5) is 0. The molecule has 3 heteroatoms. The monoisotopic (exact) mass is 191 g/mol. The van der Waals surface area contributed by atoms with E-state index >= 15 is 0 Å². The van der Waals surface area contributed by atoms with Gasteiger partial charge in [-0.3, -0.25) is 0 Å². The quantitative estimate of drug-likeness (QED) is 0.682. The number of hydrogen-bond donors (Lipinski definition) is 1. The molecule has 2 unspecified atom stereocenters. The fourth-order valence-corrected chi connectivity index (χ4v) is 2.11. The van der Waals surface area contributed by atoms with Crippen LogP contribution in [0.2, 0.25) is 0 Å². The van der Waals surface area contributed by atoms with Crippen LogP contribution in [0.25, 0.3) is 0 Å². The highest BCUT2D eigenvalue weighted by atomic mass is 35.5. The molecule has 0 spiro atoms. The smallest absolute Gasteiger partial charge is 0.0728 e. The first-order valence-corrected chi connectivity index (χ1v) is 4.82.